The first-order valence-corrected chi connectivity index (χ1v) is 11.6. The third-order valence-electron chi connectivity index (χ3n) is 5.06. The van der Waals surface area contributed by atoms with Crippen LogP contribution in [0.5, 0.6) is 0 Å². The normalized spacial score (nSPS) is 21.0. The zero-order chi connectivity index (χ0) is 22.1. The van der Waals surface area contributed by atoms with Crippen molar-refractivity contribution in [1.82, 2.24) is 14.5 Å². The van der Waals surface area contributed by atoms with Crippen molar-refractivity contribution < 1.29 is 22.7 Å². The lowest BCUT2D eigenvalue weighted by Crippen LogP contribution is -2.45. The molecule has 1 aromatic carbocycles. The van der Waals surface area contributed by atoms with E-state index in [4.69, 9.17) is 16.3 Å². The smallest absolute Gasteiger partial charge is 0.319 e. The van der Waals surface area contributed by atoms with Crippen LogP contribution in [0, 0.1) is 0 Å². The van der Waals surface area contributed by atoms with Crippen LogP contribution in [0.2, 0.25) is 5.02 Å². The number of halogens is 1. The number of hydrogen-bond acceptors (Lipinski definition) is 5. The third-order valence-corrected chi connectivity index (χ3v) is 7.29. The molecule has 11 heteroatoms. The molecule has 2 aliphatic rings. The lowest BCUT2D eigenvalue weighted by Gasteiger charge is -2.32. The maximum Gasteiger partial charge on any atom is 0.319 e. The molecule has 3 amide bonds. The predicted octanol–water partition coefficient (Wildman–Crippen LogP) is 1.88. The van der Waals surface area contributed by atoms with Crippen molar-refractivity contribution in [3.05, 3.63) is 23.2 Å². The summed E-state index contributed by atoms with van der Waals surface area (Å²) < 4.78 is 32.2. The van der Waals surface area contributed by atoms with E-state index in [-0.39, 0.29) is 52.6 Å². The summed E-state index contributed by atoms with van der Waals surface area (Å²) in [5.74, 6) is -0.0237. The summed E-state index contributed by atoms with van der Waals surface area (Å²) in [7, 11) is -3.72. The third kappa shape index (κ3) is 5.05. The van der Waals surface area contributed by atoms with Crippen LogP contribution < -0.4 is 10.6 Å². The molecule has 0 radical (unpaired) electrons. The first kappa shape index (κ1) is 22.8. The molecule has 0 aromatic heterocycles. The van der Waals surface area contributed by atoms with Crippen molar-refractivity contribution >= 4 is 39.2 Å². The first-order valence-electron chi connectivity index (χ1n) is 9.74. The molecule has 1 unspecified atom stereocenters. The molecule has 166 valence electrons. The number of morpholine rings is 1. The molecular weight excluding hydrogens is 432 g/mol. The second-order valence-corrected chi connectivity index (χ2v) is 10.7. The molecule has 3 rings (SSSR count). The Morgan fingerprint density at radius 1 is 1.23 bits per heavy atom. The minimum absolute atomic E-state index is 0.0237. The maximum atomic E-state index is 12.8. The van der Waals surface area contributed by atoms with Crippen molar-refractivity contribution in [3.8, 4) is 0 Å². The average molecular weight is 459 g/mol. The van der Waals surface area contributed by atoms with Gasteiger partial charge >= 0.3 is 6.03 Å². The van der Waals surface area contributed by atoms with Gasteiger partial charge in [0.2, 0.25) is 15.9 Å². The van der Waals surface area contributed by atoms with Gasteiger partial charge in [-0.25, -0.2) is 13.2 Å². The highest BCUT2D eigenvalue weighted by molar-refractivity contribution is 7.89. The van der Waals surface area contributed by atoms with Crippen LogP contribution in [-0.4, -0.2) is 74.0 Å². The number of nitrogens with zero attached hydrogens (tertiary/aromatic N) is 2. The van der Waals surface area contributed by atoms with E-state index in [2.05, 4.69) is 10.6 Å². The van der Waals surface area contributed by atoms with Gasteiger partial charge in [0.25, 0.3) is 0 Å². The summed E-state index contributed by atoms with van der Waals surface area (Å²) in [4.78, 5) is 26.4. The number of likely N-dealkylation sites (tertiary alicyclic amines) is 1. The van der Waals surface area contributed by atoms with Crippen LogP contribution in [0.1, 0.15) is 27.2 Å². The van der Waals surface area contributed by atoms with Gasteiger partial charge in [-0.1, -0.05) is 11.6 Å². The monoisotopic (exact) mass is 458 g/mol. The number of anilines is 1. The maximum absolute atomic E-state index is 12.8. The topological polar surface area (TPSA) is 108 Å². The van der Waals surface area contributed by atoms with Crippen LogP contribution in [0.25, 0.3) is 0 Å². The Hall–Kier alpha value is -1.88. The van der Waals surface area contributed by atoms with Gasteiger partial charge in [0.15, 0.2) is 0 Å². The molecule has 0 bridgehead atoms. The Morgan fingerprint density at radius 2 is 1.90 bits per heavy atom. The Balaban J connectivity index is 1.69. The van der Waals surface area contributed by atoms with Crippen LogP contribution in [0.15, 0.2) is 23.1 Å². The van der Waals surface area contributed by atoms with E-state index < -0.39 is 16.1 Å². The van der Waals surface area contributed by atoms with Crippen molar-refractivity contribution in [3.63, 3.8) is 0 Å². The summed E-state index contributed by atoms with van der Waals surface area (Å²) in [6.07, 6.45) is 0.212. The molecule has 1 atom stereocenters. The number of amides is 3. The van der Waals surface area contributed by atoms with Gasteiger partial charge in [-0.2, -0.15) is 4.31 Å². The van der Waals surface area contributed by atoms with Gasteiger partial charge in [-0.3, -0.25) is 4.79 Å². The fourth-order valence-corrected chi connectivity index (χ4v) is 5.09. The Bertz CT molecular complexity index is 925. The van der Waals surface area contributed by atoms with E-state index in [9.17, 15) is 18.0 Å². The molecule has 2 N–H and O–H groups in total. The van der Waals surface area contributed by atoms with Gasteiger partial charge in [-0.15, -0.1) is 0 Å². The molecule has 2 saturated heterocycles. The van der Waals surface area contributed by atoms with Crippen LogP contribution in [0.3, 0.4) is 0 Å². The largest absolute Gasteiger partial charge is 0.379 e. The molecule has 0 spiro atoms. The number of ether oxygens (including phenoxy) is 1. The first-order chi connectivity index (χ1) is 14.0. The lowest BCUT2D eigenvalue weighted by atomic mass is 10.1. The summed E-state index contributed by atoms with van der Waals surface area (Å²) in [6.45, 7) is 7.45. The molecule has 2 heterocycles. The number of rotatable bonds is 4. The number of carbonyl (C=O) groups excluding carboxylic acids is 2. The van der Waals surface area contributed by atoms with Crippen molar-refractivity contribution in [2.24, 2.45) is 0 Å². The van der Waals surface area contributed by atoms with Gasteiger partial charge in [0.05, 0.1) is 34.9 Å². The van der Waals surface area contributed by atoms with Crippen LogP contribution in [0.4, 0.5) is 10.5 Å². The summed E-state index contributed by atoms with van der Waals surface area (Å²) in [5, 5.41) is 5.58. The highest BCUT2D eigenvalue weighted by atomic mass is 35.5. The lowest BCUT2D eigenvalue weighted by molar-refractivity contribution is -0.131. The number of nitrogens with one attached hydrogen (secondary N) is 2. The van der Waals surface area contributed by atoms with E-state index in [0.717, 1.165) is 0 Å². The van der Waals surface area contributed by atoms with Gasteiger partial charge in [0, 0.05) is 31.6 Å². The molecule has 9 nitrogen and oxygen atoms in total. The zero-order valence-corrected chi connectivity index (χ0v) is 18.8. The van der Waals surface area contributed by atoms with E-state index in [1.165, 1.54) is 22.5 Å². The van der Waals surface area contributed by atoms with Gasteiger partial charge in [0.1, 0.15) is 0 Å². The summed E-state index contributed by atoms with van der Waals surface area (Å²) in [6, 6.07) is 3.30. The number of carbonyl (C=O) groups is 2. The molecule has 30 heavy (non-hydrogen) atoms. The second kappa shape index (κ2) is 8.70. The second-order valence-electron chi connectivity index (χ2n) is 8.33. The average Bonchev–Trinajstić information content (AvgIpc) is 3.04. The van der Waals surface area contributed by atoms with Crippen LogP contribution in [-0.2, 0) is 19.6 Å². The number of urea groups is 1. The number of hydrogen-bond donors (Lipinski definition) is 2. The van der Waals surface area contributed by atoms with E-state index in [0.29, 0.717) is 19.8 Å². The zero-order valence-electron chi connectivity index (χ0n) is 17.3. The number of sulfonamides is 1. The summed E-state index contributed by atoms with van der Waals surface area (Å²) in [5.41, 5.74) is -0.143. The minimum Gasteiger partial charge on any atom is -0.379 e. The Morgan fingerprint density at radius 3 is 2.50 bits per heavy atom. The van der Waals surface area contributed by atoms with E-state index >= 15 is 0 Å². The van der Waals surface area contributed by atoms with Crippen molar-refractivity contribution in [2.45, 2.75) is 43.7 Å². The highest BCUT2D eigenvalue weighted by Gasteiger charge is 2.37. The molecular formula is C19H27ClN4O5S. The molecule has 2 fully saturated rings. The fraction of sp³-hybridized carbons (Fsp3) is 0.579. The van der Waals surface area contributed by atoms with Crippen LogP contribution >= 0.6 is 11.6 Å². The van der Waals surface area contributed by atoms with E-state index in [1.54, 1.807) is 4.90 Å². The van der Waals surface area contributed by atoms with Gasteiger partial charge < -0.3 is 20.3 Å². The molecule has 1 aromatic rings. The van der Waals surface area contributed by atoms with Gasteiger partial charge in [-0.05, 0) is 39.0 Å². The number of benzene rings is 1. The highest BCUT2D eigenvalue weighted by Crippen LogP contribution is 2.28. The fourth-order valence-electron chi connectivity index (χ4n) is 3.49. The molecule has 2 aliphatic heterocycles. The quantitative estimate of drug-likeness (QED) is 0.716. The Kier molecular flexibility index (Phi) is 6.61. The standard InChI is InChI=1S/C19H27ClN4O5S/c1-19(2,3)24-12-13(10-17(24)25)21-18(26)22-16-11-14(4-5-15(16)20)30(27,28)23-6-8-29-9-7-23/h4-5,11,13H,6-10,12H2,1-3H3,(H2,21,22,26). The molecule has 0 saturated carbocycles. The van der Waals surface area contributed by atoms with E-state index in [1.807, 2.05) is 20.8 Å². The summed E-state index contributed by atoms with van der Waals surface area (Å²) >= 11 is 6.17. The predicted molar refractivity (Wildman–Crippen MR) is 113 cm³/mol. The minimum atomic E-state index is -3.72. The SMILES string of the molecule is CC(C)(C)N1CC(NC(=O)Nc2cc(S(=O)(=O)N3CCOCC3)ccc2Cl)CC1=O. The molecule has 0 aliphatic carbocycles. The van der Waals surface area contributed by atoms with Crippen molar-refractivity contribution in [1.29, 1.82) is 0 Å². The van der Waals surface area contributed by atoms with Crippen molar-refractivity contribution in [2.75, 3.05) is 38.2 Å². The Labute approximate surface area is 181 Å².